The summed E-state index contributed by atoms with van der Waals surface area (Å²) in [4.78, 5) is 22.5. The van der Waals surface area contributed by atoms with Gasteiger partial charge in [-0.15, -0.1) is 0 Å². The van der Waals surface area contributed by atoms with Crippen molar-refractivity contribution in [3.8, 4) is 0 Å². The van der Waals surface area contributed by atoms with Crippen LogP contribution in [0.5, 0.6) is 0 Å². The summed E-state index contributed by atoms with van der Waals surface area (Å²) in [6, 6.07) is 13.0. The molecule has 5 nitrogen and oxygen atoms in total. The summed E-state index contributed by atoms with van der Waals surface area (Å²) >= 11 is 0. The van der Waals surface area contributed by atoms with Gasteiger partial charge in [-0.25, -0.2) is 4.79 Å². The molecule has 2 aromatic carbocycles. The zero-order chi connectivity index (χ0) is 14.5. The highest BCUT2D eigenvalue weighted by molar-refractivity contribution is 6.06. The smallest absolute Gasteiger partial charge is 0.332 e. The Hall–Kier alpha value is -2.40. The van der Waals surface area contributed by atoms with Crippen LogP contribution >= 0.6 is 0 Å². The van der Waals surface area contributed by atoms with Gasteiger partial charge in [0.25, 0.3) is 5.91 Å². The van der Waals surface area contributed by atoms with Crippen LogP contribution in [0.4, 0.5) is 0 Å². The summed E-state index contributed by atoms with van der Waals surface area (Å²) < 4.78 is 0. The molecule has 0 radical (unpaired) electrons. The van der Waals surface area contributed by atoms with Crippen LogP contribution in [-0.4, -0.2) is 34.7 Å². The molecule has 5 heteroatoms. The van der Waals surface area contributed by atoms with Gasteiger partial charge >= 0.3 is 5.97 Å². The first-order chi connectivity index (χ1) is 9.59. The first kappa shape index (κ1) is 14.0. The van der Waals surface area contributed by atoms with Crippen molar-refractivity contribution in [1.29, 1.82) is 0 Å². The molecule has 0 saturated heterocycles. The van der Waals surface area contributed by atoms with Crippen molar-refractivity contribution in [2.45, 2.75) is 12.5 Å². The predicted octanol–water partition coefficient (Wildman–Crippen LogP) is 1.41. The first-order valence-electron chi connectivity index (χ1n) is 6.26. The van der Waals surface area contributed by atoms with E-state index < -0.39 is 12.1 Å². The molecule has 0 unspecified atom stereocenters. The largest absolute Gasteiger partial charge is 0.479 e. The Bertz CT molecular complexity index is 633. The summed E-state index contributed by atoms with van der Waals surface area (Å²) in [6.45, 7) is 0.107. The van der Waals surface area contributed by atoms with Crippen LogP contribution in [0.3, 0.4) is 0 Å². The Balaban J connectivity index is 2.06. The van der Waals surface area contributed by atoms with Crippen LogP contribution in [0, 0.1) is 0 Å². The van der Waals surface area contributed by atoms with E-state index in [4.69, 9.17) is 10.2 Å². The summed E-state index contributed by atoms with van der Waals surface area (Å²) in [6.07, 6.45) is -1.48. The summed E-state index contributed by atoms with van der Waals surface area (Å²) in [5.41, 5.74) is 0.535. The molecule has 0 spiro atoms. The zero-order valence-corrected chi connectivity index (χ0v) is 10.7. The SMILES string of the molecule is O=C(NCC[C@H](O)C(=O)O)c1cccc2ccccc12. The standard InChI is InChI=1S/C15H15NO4/c17-13(15(19)20)8-9-16-14(18)12-7-3-5-10-4-1-2-6-11(10)12/h1-7,13,17H,8-9H2,(H,16,18)(H,19,20)/t13-/m0/s1. The number of aliphatic hydroxyl groups excluding tert-OH is 1. The third kappa shape index (κ3) is 3.13. The van der Waals surface area contributed by atoms with Crippen molar-refractivity contribution < 1.29 is 19.8 Å². The highest BCUT2D eigenvalue weighted by Crippen LogP contribution is 2.18. The number of carbonyl (C=O) groups excluding carboxylic acids is 1. The van der Waals surface area contributed by atoms with Crippen molar-refractivity contribution >= 4 is 22.6 Å². The van der Waals surface area contributed by atoms with E-state index in [0.717, 1.165) is 10.8 Å². The lowest BCUT2D eigenvalue weighted by Gasteiger charge is -2.09. The van der Waals surface area contributed by atoms with Gasteiger partial charge in [-0.2, -0.15) is 0 Å². The second-order valence-corrected chi connectivity index (χ2v) is 4.43. The summed E-state index contributed by atoms with van der Waals surface area (Å²) in [7, 11) is 0. The Morgan fingerprint density at radius 3 is 2.55 bits per heavy atom. The molecule has 0 heterocycles. The zero-order valence-electron chi connectivity index (χ0n) is 10.7. The van der Waals surface area contributed by atoms with Crippen LogP contribution < -0.4 is 5.32 Å². The number of nitrogens with one attached hydrogen (secondary N) is 1. The Morgan fingerprint density at radius 2 is 1.80 bits per heavy atom. The summed E-state index contributed by atoms with van der Waals surface area (Å²) in [5.74, 6) is -1.57. The van der Waals surface area contributed by atoms with Crippen LogP contribution in [0.2, 0.25) is 0 Å². The fourth-order valence-electron chi connectivity index (χ4n) is 1.96. The van der Waals surface area contributed by atoms with E-state index in [1.54, 1.807) is 12.1 Å². The van der Waals surface area contributed by atoms with Crippen LogP contribution in [0.25, 0.3) is 10.8 Å². The molecule has 0 aliphatic carbocycles. The number of rotatable bonds is 5. The Labute approximate surface area is 115 Å². The molecule has 2 rings (SSSR count). The molecule has 0 saturated carbocycles. The van der Waals surface area contributed by atoms with Crippen molar-refractivity contribution in [2.24, 2.45) is 0 Å². The lowest BCUT2D eigenvalue weighted by atomic mass is 10.0. The van der Waals surface area contributed by atoms with Gasteiger partial charge in [-0.1, -0.05) is 36.4 Å². The van der Waals surface area contributed by atoms with Crippen molar-refractivity contribution in [2.75, 3.05) is 6.54 Å². The number of aliphatic hydroxyl groups is 1. The van der Waals surface area contributed by atoms with Gasteiger partial charge in [0.2, 0.25) is 0 Å². The minimum atomic E-state index is -1.46. The third-order valence-electron chi connectivity index (χ3n) is 3.02. The minimum Gasteiger partial charge on any atom is -0.479 e. The average Bonchev–Trinajstić information content (AvgIpc) is 2.46. The van der Waals surface area contributed by atoms with Crippen molar-refractivity contribution in [3.63, 3.8) is 0 Å². The summed E-state index contributed by atoms with van der Waals surface area (Å²) in [5, 5.41) is 22.1. The van der Waals surface area contributed by atoms with E-state index >= 15 is 0 Å². The minimum absolute atomic E-state index is 0.0220. The van der Waals surface area contributed by atoms with E-state index in [1.165, 1.54) is 0 Å². The lowest BCUT2D eigenvalue weighted by molar-refractivity contribution is -0.146. The predicted molar refractivity (Wildman–Crippen MR) is 74.5 cm³/mol. The maximum atomic E-state index is 12.1. The van der Waals surface area contributed by atoms with Crippen LogP contribution in [-0.2, 0) is 4.79 Å². The molecule has 0 aromatic heterocycles. The fourth-order valence-corrected chi connectivity index (χ4v) is 1.96. The first-order valence-corrected chi connectivity index (χ1v) is 6.26. The molecule has 20 heavy (non-hydrogen) atoms. The number of benzene rings is 2. The molecule has 0 fully saturated rings. The fraction of sp³-hybridized carbons (Fsp3) is 0.200. The van der Waals surface area contributed by atoms with Gasteiger partial charge < -0.3 is 15.5 Å². The number of carboxylic acid groups (broad SMARTS) is 1. The topological polar surface area (TPSA) is 86.6 Å². The number of hydrogen-bond acceptors (Lipinski definition) is 3. The van der Waals surface area contributed by atoms with Gasteiger partial charge in [0, 0.05) is 18.5 Å². The second kappa shape index (κ2) is 6.16. The lowest BCUT2D eigenvalue weighted by Crippen LogP contribution is -2.30. The Kier molecular flexibility index (Phi) is 4.32. The molecule has 0 aliphatic rings. The normalized spacial score (nSPS) is 12.1. The molecule has 0 bridgehead atoms. The number of hydrogen-bond donors (Lipinski definition) is 3. The number of carbonyl (C=O) groups is 2. The molecule has 104 valence electrons. The molecular formula is C15H15NO4. The second-order valence-electron chi connectivity index (χ2n) is 4.43. The van der Waals surface area contributed by atoms with Gasteiger partial charge in [0.15, 0.2) is 6.10 Å². The number of aliphatic carboxylic acids is 1. The molecule has 2 aromatic rings. The monoisotopic (exact) mass is 273 g/mol. The van der Waals surface area contributed by atoms with Gasteiger partial charge in [0.1, 0.15) is 0 Å². The van der Waals surface area contributed by atoms with E-state index in [-0.39, 0.29) is 18.9 Å². The molecule has 3 N–H and O–H groups in total. The van der Waals surface area contributed by atoms with Crippen LogP contribution in [0.1, 0.15) is 16.8 Å². The van der Waals surface area contributed by atoms with Gasteiger partial charge in [-0.3, -0.25) is 4.79 Å². The molecular weight excluding hydrogens is 258 g/mol. The number of fused-ring (bicyclic) bond motifs is 1. The van der Waals surface area contributed by atoms with Crippen molar-refractivity contribution in [1.82, 2.24) is 5.32 Å². The molecule has 0 aliphatic heterocycles. The van der Waals surface area contributed by atoms with E-state index in [9.17, 15) is 9.59 Å². The molecule has 1 atom stereocenters. The third-order valence-corrected chi connectivity index (χ3v) is 3.02. The number of carboxylic acids is 1. The maximum absolute atomic E-state index is 12.1. The average molecular weight is 273 g/mol. The highest BCUT2D eigenvalue weighted by Gasteiger charge is 2.14. The highest BCUT2D eigenvalue weighted by atomic mass is 16.4. The van der Waals surface area contributed by atoms with E-state index in [1.807, 2.05) is 30.3 Å². The maximum Gasteiger partial charge on any atom is 0.332 e. The van der Waals surface area contributed by atoms with E-state index in [2.05, 4.69) is 5.32 Å². The number of amides is 1. The quantitative estimate of drug-likeness (QED) is 0.768. The van der Waals surface area contributed by atoms with Crippen molar-refractivity contribution in [3.05, 3.63) is 48.0 Å². The molecule has 1 amide bonds. The van der Waals surface area contributed by atoms with Gasteiger partial charge in [-0.05, 0) is 16.8 Å². The van der Waals surface area contributed by atoms with Gasteiger partial charge in [0.05, 0.1) is 0 Å². The van der Waals surface area contributed by atoms with E-state index in [0.29, 0.717) is 5.56 Å². The van der Waals surface area contributed by atoms with Crippen LogP contribution in [0.15, 0.2) is 42.5 Å². The Morgan fingerprint density at radius 1 is 1.10 bits per heavy atom.